The van der Waals surface area contributed by atoms with Crippen molar-refractivity contribution in [2.24, 2.45) is 0 Å². The molecule has 0 fully saturated rings. The van der Waals surface area contributed by atoms with Crippen LogP contribution in [0, 0.1) is 0 Å². The Morgan fingerprint density at radius 2 is 2.00 bits per heavy atom. The first-order valence-electron chi connectivity index (χ1n) is 6.13. The second-order valence-electron chi connectivity index (χ2n) is 4.72. The molecule has 0 bridgehead atoms. The summed E-state index contributed by atoms with van der Waals surface area (Å²) in [6.45, 7) is 9.91. The number of nitrogen functional groups attached to an aromatic ring is 1. The zero-order valence-electron chi connectivity index (χ0n) is 11.4. The van der Waals surface area contributed by atoms with E-state index in [0.29, 0.717) is 18.6 Å². The van der Waals surface area contributed by atoms with Gasteiger partial charge in [-0.05, 0) is 27.7 Å². The summed E-state index contributed by atoms with van der Waals surface area (Å²) < 4.78 is 0. The van der Waals surface area contributed by atoms with E-state index in [4.69, 9.17) is 5.73 Å². The van der Waals surface area contributed by atoms with E-state index in [0.717, 1.165) is 6.54 Å². The number of aromatic amines is 1. The number of carbonyl (C=O) groups is 1. The van der Waals surface area contributed by atoms with Gasteiger partial charge in [0, 0.05) is 25.2 Å². The highest BCUT2D eigenvalue weighted by Crippen LogP contribution is 2.03. The maximum Gasteiger partial charge on any atom is 0.288 e. The third-order valence-electron chi connectivity index (χ3n) is 2.70. The van der Waals surface area contributed by atoms with Crippen LogP contribution in [-0.2, 0) is 0 Å². The molecular weight excluding hydrogens is 232 g/mol. The monoisotopic (exact) mass is 254 g/mol. The lowest BCUT2D eigenvalue weighted by atomic mass is 10.2. The van der Waals surface area contributed by atoms with Gasteiger partial charge in [-0.3, -0.25) is 14.8 Å². The van der Waals surface area contributed by atoms with Crippen molar-refractivity contribution in [2.75, 3.05) is 18.8 Å². The Morgan fingerprint density at radius 1 is 1.39 bits per heavy atom. The molecule has 0 saturated carbocycles. The first-order chi connectivity index (χ1) is 8.41. The largest absolute Gasteiger partial charge is 0.366 e. The molecule has 0 saturated heterocycles. The number of nitrogens with one attached hydrogen (secondary N) is 2. The average Bonchev–Trinajstić information content (AvgIpc) is 2.69. The molecule has 1 heterocycles. The summed E-state index contributed by atoms with van der Waals surface area (Å²) in [7, 11) is 0. The SMILES string of the molecule is CC(C)N(CCNC(=O)c1nc(N)n[nH]1)C(C)C. The van der Waals surface area contributed by atoms with Crippen LogP contribution in [0.3, 0.4) is 0 Å². The van der Waals surface area contributed by atoms with Crippen LogP contribution in [-0.4, -0.2) is 51.2 Å². The number of hydrogen-bond donors (Lipinski definition) is 3. The van der Waals surface area contributed by atoms with Gasteiger partial charge in [-0.2, -0.15) is 4.98 Å². The normalized spacial score (nSPS) is 11.5. The molecule has 7 heteroatoms. The van der Waals surface area contributed by atoms with Gasteiger partial charge in [-0.1, -0.05) is 0 Å². The summed E-state index contributed by atoms with van der Waals surface area (Å²) in [6.07, 6.45) is 0. The number of H-pyrrole nitrogens is 1. The van der Waals surface area contributed by atoms with Crippen molar-refractivity contribution in [3.05, 3.63) is 5.82 Å². The molecule has 7 nitrogen and oxygen atoms in total. The van der Waals surface area contributed by atoms with E-state index in [9.17, 15) is 4.79 Å². The molecule has 0 aliphatic heterocycles. The molecule has 0 aliphatic rings. The fourth-order valence-electron chi connectivity index (χ4n) is 1.87. The topological polar surface area (TPSA) is 99.9 Å². The van der Waals surface area contributed by atoms with E-state index in [-0.39, 0.29) is 17.7 Å². The van der Waals surface area contributed by atoms with E-state index in [1.54, 1.807) is 0 Å². The summed E-state index contributed by atoms with van der Waals surface area (Å²) in [4.78, 5) is 17.7. The molecule has 102 valence electrons. The van der Waals surface area contributed by atoms with Gasteiger partial charge in [0.25, 0.3) is 5.91 Å². The average molecular weight is 254 g/mol. The van der Waals surface area contributed by atoms with Gasteiger partial charge in [-0.15, -0.1) is 5.10 Å². The van der Waals surface area contributed by atoms with E-state index in [2.05, 4.69) is 53.1 Å². The first-order valence-corrected chi connectivity index (χ1v) is 6.13. The Labute approximate surface area is 107 Å². The standard InChI is InChI=1S/C11H22N6O/c1-7(2)17(8(3)4)6-5-13-10(18)9-14-11(12)16-15-9/h7-8H,5-6H2,1-4H3,(H,13,18)(H3,12,14,15,16). The first kappa shape index (κ1) is 14.4. The predicted octanol–water partition coefficient (Wildman–Crippen LogP) is 0.236. The van der Waals surface area contributed by atoms with Gasteiger partial charge in [0.15, 0.2) is 0 Å². The number of carbonyl (C=O) groups excluding carboxylic acids is 1. The predicted molar refractivity (Wildman–Crippen MR) is 70.1 cm³/mol. The van der Waals surface area contributed by atoms with Gasteiger partial charge >= 0.3 is 0 Å². The van der Waals surface area contributed by atoms with Crippen molar-refractivity contribution in [1.82, 2.24) is 25.4 Å². The summed E-state index contributed by atoms with van der Waals surface area (Å²) in [5.74, 6) is -0.0639. The number of anilines is 1. The van der Waals surface area contributed by atoms with E-state index >= 15 is 0 Å². The highest BCUT2D eigenvalue weighted by atomic mass is 16.2. The quantitative estimate of drug-likeness (QED) is 0.675. The molecule has 0 aromatic carbocycles. The van der Waals surface area contributed by atoms with E-state index < -0.39 is 0 Å². The van der Waals surface area contributed by atoms with Crippen molar-refractivity contribution in [1.29, 1.82) is 0 Å². The lowest BCUT2D eigenvalue weighted by Gasteiger charge is -2.30. The van der Waals surface area contributed by atoms with Crippen LogP contribution >= 0.6 is 0 Å². The second kappa shape index (κ2) is 6.34. The van der Waals surface area contributed by atoms with Crippen molar-refractivity contribution < 1.29 is 4.79 Å². The second-order valence-corrected chi connectivity index (χ2v) is 4.72. The lowest BCUT2D eigenvalue weighted by Crippen LogP contribution is -2.42. The third-order valence-corrected chi connectivity index (χ3v) is 2.70. The fourth-order valence-corrected chi connectivity index (χ4v) is 1.87. The summed E-state index contributed by atoms with van der Waals surface area (Å²) in [5.41, 5.74) is 5.33. The molecule has 18 heavy (non-hydrogen) atoms. The number of hydrogen-bond acceptors (Lipinski definition) is 5. The zero-order chi connectivity index (χ0) is 13.7. The van der Waals surface area contributed by atoms with Gasteiger partial charge < -0.3 is 11.1 Å². The number of rotatable bonds is 6. The van der Waals surface area contributed by atoms with E-state index in [1.807, 2.05) is 0 Å². The van der Waals surface area contributed by atoms with Gasteiger partial charge in [0.1, 0.15) is 0 Å². The Kier molecular flexibility index (Phi) is 5.08. The summed E-state index contributed by atoms with van der Waals surface area (Å²) in [5, 5.41) is 8.87. The van der Waals surface area contributed by atoms with Crippen LogP contribution in [0.1, 0.15) is 38.3 Å². The van der Waals surface area contributed by atoms with Crippen LogP contribution < -0.4 is 11.1 Å². The van der Waals surface area contributed by atoms with Crippen LogP contribution in [0.2, 0.25) is 0 Å². The minimum absolute atomic E-state index is 0.0751. The minimum atomic E-state index is -0.285. The fraction of sp³-hybridized carbons (Fsp3) is 0.727. The van der Waals surface area contributed by atoms with E-state index in [1.165, 1.54) is 0 Å². The Morgan fingerprint density at radius 3 is 2.44 bits per heavy atom. The van der Waals surface area contributed by atoms with Crippen molar-refractivity contribution >= 4 is 11.9 Å². The van der Waals surface area contributed by atoms with Gasteiger partial charge in [-0.25, -0.2) is 0 Å². The molecule has 4 N–H and O–H groups in total. The van der Waals surface area contributed by atoms with Crippen molar-refractivity contribution in [3.63, 3.8) is 0 Å². The molecule has 1 aromatic rings. The molecular formula is C11H22N6O. The molecule has 1 amide bonds. The number of nitrogens with zero attached hydrogens (tertiary/aromatic N) is 3. The van der Waals surface area contributed by atoms with Gasteiger partial charge in [0.2, 0.25) is 11.8 Å². The zero-order valence-corrected chi connectivity index (χ0v) is 11.4. The van der Waals surface area contributed by atoms with Crippen LogP contribution in [0.5, 0.6) is 0 Å². The number of nitrogens with two attached hydrogens (primary N) is 1. The third kappa shape index (κ3) is 3.99. The summed E-state index contributed by atoms with van der Waals surface area (Å²) in [6, 6.07) is 0.894. The Hall–Kier alpha value is -1.63. The van der Waals surface area contributed by atoms with Crippen molar-refractivity contribution in [3.8, 4) is 0 Å². The Bertz CT molecular complexity index is 379. The van der Waals surface area contributed by atoms with Crippen LogP contribution in [0.15, 0.2) is 0 Å². The number of amides is 1. The maximum absolute atomic E-state index is 11.7. The molecule has 0 spiro atoms. The highest BCUT2D eigenvalue weighted by Gasteiger charge is 2.14. The molecule has 1 aromatic heterocycles. The lowest BCUT2D eigenvalue weighted by molar-refractivity contribution is 0.0929. The van der Waals surface area contributed by atoms with Crippen LogP contribution in [0.4, 0.5) is 5.95 Å². The minimum Gasteiger partial charge on any atom is -0.366 e. The van der Waals surface area contributed by atoms with Crippen molar-refractivity contribution in [2.45, 2.75) is 39.8 Å². The number of aromatic nitrogens is 3. The highest BCUT2D eigenvalue weighted by molar-refractivity contribution is 5.90. The van der Waals surface area contributed by atoms with Crippen LogP contribution in [0.25, 0.3) is 0 Å². The van der Waals surface area contributed by atoms with Gasteiger partial charge in [0.05, 0.1) is 0 Å². The smallest absolute Gasteiger partial charge is 0.288 e. The molecule has 0 radical (unpaired) electrons. The summed E-state index contributed by atoms with van der Waals surface area (Å²) >= 11 is 0. The molecule has 0 unspecified atom stereocenters. The maximum atomic E-state index is 11.7. The Balaban J connectivity index is 2.39. The molecule has 1 rings (SSSR count). The molecule has 0 atom stereocenters. The molecule has 0 aliphatic carbocycles.